The predicted octanol–water partition coefficient (Wildman–Crippen LogP) is 3.19. The van der Waals surface area contributed by atoms with Crippen LogP contribution < -0.4 is 11.1 Å². The van der Waals surface area contributed by atoms with E-state index < -0.39 is 23.3 Å². The van der Waals surface area contributed by atoms with Gasteiger partial charge in [0.2, 0.25) is 0 Å². The first kappa shape index (κ1) is 17.2. The second-order valence-electron chi connectivity index (χ2n) is 5.11. The Morgan fingerprint density at radius 2 is 2.05 bits per heavy atom. The minimum atomic E-state index is -1.13. The van der Waals surface area contributed by atoms with Crippen molar-refractivity contribution in [1.29, 1.82) is 0 Å². The van der Waals surface area contributed by atoms with E-state index in [0.29, 0.717) is 0 Å². The van der Waals surface area contributed by atoms with Crippen LogP contribution in [0.4, 0.5) is 19.3 Å². The fourth-order valence-corrected chi connectivity index (χ4v) is 1.72. The summed E-state index contributed by atoms with van der Waals surface area (Å²) < 4.78 is 31.9. The van der Waals surface area contributed by atoms with Gasteiger partial charge in [0.05, 0.1) is 22.3 Å². The molecule has 0 radical (unpaired) electrons. The Morgan fingerprint density at radius 1 is 1.43 bits per heavy atom. The van der Waals surface area contributed by atoms with Gasteiger partial charge in [-0.3, -0.25) is 0 Å². The molecule has 1 aromatic carbocycles. The van der Waals surface area contributed by atoms with E-state index in [1.807, 2.05) is 0 Å². The van der Waals surface area contributed by atoms with Crippen molar-refractivity contribution in [1.82, 2.24) is 5.32 Å². The minimum absolute atomic E-state index is 0.00513. The topological polar surface area (TPSA) is 64.3 Å². The molecular formula is C14H15BrF2N2O2. The second kappa shape index (κ2) is 6.76. The minimum Gasteiger partial charge on any atom is -0.444 e. The summed E-state index contributed by atoms with van der Waals surface area (Å²) in [7, 11) is 0. The lowest BCUT2D eigenvalue weighted by atomic mass is 10.1. The Labute approximate surface area is 130 Å². The van der Waals surface area contributed by atoms with Crippen LogP contribution in [0.25, 0.3) is 0 Å². The maximum absolute atomic E-state index is 13.6. The van der Waals surface area contributed by atoms with Gasteiger partial charge in [0.1, 0.15) is 5.60 Å². The van der Waals surface area contributed by atoms with E-state index in [4.69, 9.17) is 10.5 Å². The molecule has 0 saturated carbocycles. The van der Waals surface area contributed by atoms with Gasteiger partial charge in [-0.05, 0) is 42.8 Å². The number of hydrogen-bond acceptors (Lipinski definition) is 3. The average molecular weight is 361 g/mol. The Hall–Kier alpha value is -1.81. The highest BCUT2D eigenvalue weighted by Gasteiger charge is 2.16. The third-order valence-corrected chi connectivity index (χ3v) is 2.70. The van der Waals surface area contributed by atoms with Gasteiger partial charge in [0.15, 0.2) is 11.6 Å². The van der Waals surface area contributed by atoms with E-state index in [9.17, 15) is 13.6 Å². The van der Waals surface area contributed by atoms with Gasteiger partial charge in [0.25, 0.3) is 0 Å². The van der Waals surface area contributed by atoms with Crippen molar-refractivity contribution in [2.75, 3.05) is 12.3 Å². The molecule has 21 heavy (non-hydrogen) atoms. The summed E-state index contributed by atoms with van der Waals surface area (Å²) in [5, 5.41) is 2.37. The first-order valence-corrected chi connectivity index (χ1v) is 6.80. The fourth-order valence-electron chi connectivity index (χ4n) is 1.30. The average Bonchev–Trinajstić information content (AvgIpc) is 2.33. The van der Waals surface area contributed by atoms with E-state index in [1.165, 1.54) is 6.07 Å². The highest BCUT2D eigenvalue weighted by Crippen LogP contribution is 2.25. The molecule has 0 heterocycles. The molecule has 0 saturated heterocycles. The summed E-state index contributed by atoms with van der Waals surface area (Å²) in [6.45, 7) is 5.09. The number of nitrogens with one attached hydrogen (secondary N) is 1. The monoisotopic (exact) mass is 360 g/mol. The Bertz CT molecular complexity index is 616. The van der Waals surface area contributed by atoms with Crippen molar-refractivity contribution in [2.24, 2.45) is 0 Å². The highest BCUT2D eigenvalue weighted by molar-refractivity contribution is 9.10. The maximum atomic E-state index is 13.6. The third kappa shape index (κ3) is 5.23. The number of nitrogen functional groups attached to an aromatic ring is 1. The summed E-state index contributed by atoms with van der Waals surface area (Å²) in [4.78, 5) is 11.3. The van der Waals surface area contributed by atoms with Crippen molar-refractivity contribution >= 4 is 27.7 Å². The summed E-state index contributed by atoms with van der Waals surface area (Å²) in [5.74, 6) is 2.67. The van der Waals surface area contributed by atoms with Gasteiger partial charge in [0, 0.05) is 0 Å². The van der Waals surface area contributed by atoms with Crippen LogP contribution in [-0.2, 0) is 4.74 Å². The normalized spacial score (nSPS) is 10.6. The van der Waals surface area contributed by atoms with Crippen molar-refractivity contribution in [3.05, 3.63) is 27.7 Å². The molecule has 4 nitrogen and oxygen atoms in total. The van der Waals surface area contributed by atoms with Gasteiger partial charge < -0.3 is 15.8 Å². The quantitative estimate of drug-likeness (QED) is 0.459. The molecule has 3 N–H and O–H groups in total. The summed E-state index contributed by atoms with van der Waals surface area (Å²) in [6, 6.07) is 1.23. The molecule has 1 aromatic rings. The first-order chi connectivity index (χ1) is 9.61. The number of ether oxygens (including phenoxy) is 1. The van der Waals surface area contributed by atoms with Crippen LogP contribution in [0, 0.1) is 23.5 Å². The SMILES string of the molecule is CC(C)(C)OC(=O)NCC#Cc1c(N)cc(Br)c(F)c1F. The Kier molecular flexibility index (Phi) is 5.55. The van der Waals surface area contributed by atoms with Gasteiger partial charge in [-0.1, -0.05) is 11.8 Å². The molecule has 1 rings (SSSR count). The number of alkyl carbamates (subject to hydrolysis) is 1. The van der Waals surface area contributed by atoms with E-state index in [-0.39, 0.29) is 22.3 Å². The van der Waals surface area contributed by atoms with Crippen molar-refractivity contribution in [3.8, 4) is 11.8 Å². The predicted molar refractivity (Wildman–Crippen MR) is 79.6 cm³/mol. The number of halogens is 3. The molecule has 0 bridgehead atoms. The lowest BCUT2D eigenvalue weighted by Gasteiger charge is -2.19. The number of nitrogens with two attached hydrogens (primary N) is 1. The molecule has 0 aliphatic rings. The largest absolute Gasteiger partial charge is 0.444 e. The van der Waals surface area contributed by atoms with Crippen molar-refractivity contribution < 1.29 is 18.3 Å². The number of carbonyl (C=O) groups is 1. The van der Waals surface area contributed by atoms with Crippen LogP contribution in [0.2, 0.25) is 0 Å². The highest BCUT2D eigenvalue weighted by atomic mass is 79.9. The molecule has 0 fully saturated rings. The summed E-state index contributed by atoms with van der Waals surface area (Å²) in [5.41, 5.74) is 4.70. The lowest BCUT2D eigenvalue weighted by Crippen LogP contribution is -2.32. The first-order valence-electron chi connectivity index (χ1n) is 6.00. The smallest absolute Gasteiger partial charge is 0.408 e. The Balaban J connectivity index is 2.73. The lowest BCUT2D eigenvalue weighted by molar-refractivity contribution is 0.0535. The molecule has 0 aromatic heterocycles. The van der Waals surface area contributed by atoms with Crippen LogP contribution in [0.1, 0.15) is 26.3 Å². The molecule has 0 spiro atoms. The fraction of sp³-hybridized carbons (Fsp3) is 0.357. The number of hydrogen-bond donors (Lipinski definition) is 2. The van der Waals surface area contributed by atoms with Gasteiger partial charge in [-0.15, -0.1) is 0 Å². The van der Waals surface area contributed by atoms with Crippen molar-refractivity contribution in [3.63, 3.8) is 0 Å². The standard InChI is InChI=1S/C14H15BrF2N2O2/c1-14(2,3)21-13(20)19-6-4-5-8-10(18)7-9(15)12(17)11(8)16/h7H,6,18H2,1-3H3,(H,19,20). The number of carbonyl (C=O) groups excluding carboxylic acids is 1. The van der Waals surface area contributed by atoms with E-state index in [2.05, 4.69) is 33.1 Å². The van der Waals surface area contributed by atoms with Gasteiger partial charge >= 0.3 is 6.09 Å². The van der Waals surface area contributed by atoms with Crippen LogP contribution in [0.15, 0.2) is 10.5 Å². The van der Waals surface area contributed by atoms with Gasteiger partial charge in [-0.2, -0.15) is 0 Å². The van der Waals surface area contributed by atoms with Crippen molar-refractivity contribution in [2.45, 2.75) is 26.4 Å². The van der Waals surface area contributed by atoms with E-state index in [0.717, 1.165) is 0 Å². The van der Waals surface area contributed by atoms with Crippen LogP contribution in [0.3, 0.4) is 0 Å². The zero-order valence-electron chi connectivity index (χ0n) is 11.8. The zero-order valence-corrected chi connectivity index (χ0v) is 13.4. The van der Waals surface area contributed by atoms with Gasteiger partial charge in [-0.25, -0.2) is 13.6 Å². The number of amides is 1. The third-order valence-electron chi connectivity index (χ3n) is 2.13. The second-order valence-corrected chi connectivity index (χ2v) is 5.96. The maximum Gasteiger partial charge on any atom is 0.408 e. The summed E-state index contributed by atoms with van der Waals surface area (Å²) in [6.07, 6.45) is -0.646. The molecule has 0 aliphatic carbocycles. The molecule has 1 amide bonds. The molecule has 0 atom stereocenters. The van der Waals surface area contributed by atoms with Crippen LogP contribution >= 0.6 is 15.9 Å². The molecule has 114 valence electrons. The van der Waals surface area contributed by atoms with E-state index >= 15 is 0 Å². The molecule has 0 aliphatic heterocycles. The van der Waals surface area contributed by atoms with Crippen LogP contribution in [0.5, 0.6) is 0 Å². The van der Waals surface area contributed by atoms with Crippen LogP contribution in [-0.4, -0.2) is 18.2 Å². The molecule has 7 heteroatoms. The number of rotatable bonds is 1. The summed E-state index contributed by atoms with van der Waals surface area (Å²) >= 11 is 2.84. The van der Waals surface area contributed by atoms with E-state index in [1.54, 1.807) is 20.8 Å². The molecule has 0 unspecified atom stereocenters. The molecular weight excluding hydrogens is 346 g/mol. The zero-order chi connectivity index (χ0) is 16.2. The number of anilines is 1. The number of benzene rings is 1. The Morgan fingerprint density at radius 3 is 2.62 bits per heavy atom.